The summed E-state index contributed by atoms with van der Waals surface area (Å²) in [6.07, 6.45) is 6.57. The predicted octanol–water partition coefficient (Wildman–Crippen LogP) is 1.46. The van der Waals surface area contributed by atoms with Gasteiger partial charge in [0.05, 0.1) is 5.69 Å². The zero-order valence-electron chi connectivity index (χ0n) is 14.3. The van der Waals surface area contributed by atoms with E-state index in [9.17, 15) is 14.4 Å². The van der Waals surface area contributed by atoms with E-state index in [0.717, 1.165) is 17.4 Å². The third-order valence-electron chi connectivity index (χ3n) is 4.87. The molecule has 1 amide bonds. The molecule has 2 aromatic heterocycles. The maximum Gasteiger partial charge on any atom is 0.332 e. The monoisotopic (exact) mass is 330 g/mol. The lowest BCUT2D eigenvalue weighted by atomic mass is 10.0. The topological polar surface area (TPSA) is 86.0 Å². The average Bonchev–Trinajstić information content (AvgIpc) is 3.05. The Kier molecular flexibility index (Phi) is 4.26. The Hall–Kier alpha value is -2.44. The summed E-state index contributed by atoms with van der Waals surface area (Å²) < 4.78 is 2.36. The van der Waals surface area contributed by atoms with Crippen LogP contribution >= 0.6 is 0 Å². The zero-order chi connectivity index (χ0) is 17.4. The number of carbonyl (C=O) groups is 1. The van der Waals surface area contributed by atoms with E-state index in [4.69, 9.17) is 0 Å². The van der Waals surface area contributed by atoms with E-state index < -0.39 is 11.2 Å². The zero-order valence-corrected chi connectivity index (χ0v) is 14.3. The number of anilines is 1. The summed E-state index contributed by atoms with van der Waals surface area (Å²) in [5.74, 6) is 0.332. The molecule has 0 bridgehead atoms. The first-order chi connectivity index (χ1) is 11.4. The third kappa shape index (κ3) is 2.74. The molecule has 1 saturated carbocycles. The largest absolute Gasteiger partial charge is 0.332 e. The number of carbonyl (C=O) groups excluding carboxylic acids is 1. The molecule has 0 aliphatic heterocycles. The highest BCUT2D eigenvalue weighted by Gasteiger charge is 2.21. The lowest BCUT2D eigenvalue weighted by Crippen LogP contribution is -2.38. The number of amides is 1. The van der Waals surface area contributed by atoms with Crippen LogP contribution in [0, 0.1) is 12.8 Å². The fourth-order valence-corrected chi connectivity index (χ4v) is 3.45. The minimum absolute atomic E-state index is 0.0894. The molecule has 7 heteroatoms. The van der Waals surface area contributed by atoms with Gasteiger partial charge in [0, 0.05) is 26.7 Å². The second-order valence-corrected chi connectivity index (χ2v) is 6.62. The number of hydrogen-bond donors (Lipinski definition) is 1. The number of fused-ring (bicyclic) bond motifs is 1. The standard InChI is InChI=1S/C17H22N4O3/c1-10-9-18-15-13(16(23)21(3)17(24)20(15)2)14(10)19-12(22)8-11-6-4-5-7-11/h9,11H,4-8H2,1-3H3,(H,18,19,22). The first kappa shape index (κ1) is 16.4. The van der Waals surface area contributed by atoms with E-state index in [1.807, 2.05) is 0 Å². The van der Waals surface area contributed by atoms with Crippen LogP contribution in [0.15, 0.2) is 15.8 Å². The first-order valence-corrected chi connectivity index (χ1v) is 8.25. The van der Waals surface area contributed by atoms with Crippen LogP contribution in [0.4, 0.5) is 5.69 Å². The van der Waals surface area contributed by atoms with Crippen molar-refractivity contribution in [2.75, 3.05) is 5.32 Å². The van der Waals surface area contributed by atoms with Crippen molar-refractivity contribution in [3.05, 3.63) is 32.6 Å². The molecule has 1 aliphatic carbocycles. The van der Waals surface area contributed by atoms with Gasteiger partial charge in [0.15, 0.2) is 5.65 Å². The maximum absolute atomic E-state index is 12.6. The van der Waals surface area contributed by atoms with E-state index in [1.54, 1.807) is 20.2 Å². The molecule has 1 N–H and O–H groups in total. The van der Waals surface area contributed by atoms with E-state index in [-0.39, 0.29) is 16.9 Å². The normalized spacial score (nSPS) is 15.1. The highest BCUT2D eigenvalue weighted by Crippen LogP contribution is 2.28. The summed E-state index contributed by atoms with van der Waals surface area (Å²) in [6.45, 7) is 1.79. The Bertz CT molecular complexity index is 920. The molecule has 0 spiro atoms. The third-order valence-corrected chi connectivity index (χ3v) is 4.87. The van der Waals surface area contributed by atoms with Gasteiger partial charge in [-0.1, -0.05) is 12.8 Å². The molecule has 0 aromatic carbocycles. The van der Waals surface area contributed by atoms with Gasteiger partial charge in [-0.3, -0.25) is 18.7 Å². The van der Waals surface area contributed by atoms with Gasteiger partial charge in [0.25, 0.3) is 5.56 Å². The van der Waals surface area contributed by atoms with Crippen molar-refractivity contribution >= 4 is 22.6 Å². The van der Waals surface area contributed by atoms with E-state index in [0.29, 0.717) is 23.6 Å². The van der Waals surface area contributed by atoms with Crippen LogP contribution in [-0.4, -0.2) is 20.0 Å². The molecular weight excluding hydrogens is 308 g/mol. The van der Waals surface area contributed by atoms with Crippen molar-refractivity contribution in [3.63, 3.8) is 0 Å². The van der Waals surface area contributed by atoms with Gasteiger partial charge in [0.1, 0.15) is 5.39 Å². The molecule has 0 radical (unpaired) electrons. The van der Waals surface area contributed by atoms with Crippen LogP contribution in [0.1, 0.15) is 37.7 Å². The Morgan fingerprint density at radius 3 is 2.58 bits per heavy atom. The Labute approximate surface area is 139 Å². The summed E-state index contributed by atoms with van der Waals surface area (Å²) >= 11 is 0. The van der Waals surface area contributed by atoms with Crippen LogP contribution in [0.2, 0.25) is 0 Å². The second-order valence-electron chi connectivity index (χ2n) is 6.62. The van der Waals surface area contributed by atoms with E-state index in [1.165, 1.54) is 24.5 Å². The molecule has 7 nitrogen and oxygen atoms in total. The smallest absolute Gasteiger partial charge is 0.325 e. The number of aryl methyl sites for hydroxylation is 2. The van der Waals surface area contributed by atoms with Crippen LogP contribution < -0.4 is 16.6 Å². The SMILES string of the molecule is Cc1cnc2c(c1NC(=O)CC1CCCC1)c(=O)n(C)c(=O)n2C. The molecule has 128 valence electrons. The number of nitrogens with one attached hydrogen (secondary N) is 1. The lowest BCUT2D eigenvalue weighted by molar-refractivity contribution is -0.117. The molecule has 1 aliphatic rings. The molecular formula is C17H22N4O3. The van der Waals surface area contributed by atoms with Crippen molar-refractivity contribution in [3.8, 4) is 0 Å². The summed E-state index contributed by atoms with van der Waals surface area (Å²) in [7, 11) is 2.99. The van der Waals surface area contributed by atoms with Crippen LogP contribution in [0.25, 0.3) is 11.0 Å². The Morgan fingerprint density at radius 2 is 1.92 bits per heavy atom. The Morgan fingerprint density at radius 1 is 1.25 bits per heavy atom. The Balaban J connectivity index is 2.06. The minimum Gasteiger partial charge on any atom is -0.325 e. The summed E-state index contributed by atoms with van der Waals surface area (Å²) in [4.78, 5) is 41.2. The van der Waals surface area contributed by atoms with Crippen molar-refractivity contribution in [2.45, 2.75) is 39.0 Å². The van der Waals surface area contributed by atoms with Crippen LogP contribution in [0.3, 0.4) is 0 Å². The van der Waals surface area contributed by atoms with E-state index >= 15 is 0 Å². The van der Waals surface area contributed by atoms with Gasteiger partial charge in [-0.15, -0.1) is 0 Å². The fraction of sp³-hybridized carbons (Fsp3) is 0.529. The maximum atomic E-state index is 12.6. The van der Waals surface area contributed by atoms with Gasteiger partial charge >= 0.3 is 5.69 Å². The molecule has 0 atom stereocenters. The van der Waals surface area contributed by atoms with Gasteiger partial charge in [-0.25, -0.2) is 9.78 Å². The minimum atomic E-state index is -0.444. The van der Waals surface area contributed by atoms with Gasteiger partial charge in [-0.2, -0.15) is 0 Å². The molecule has 3 rings (SSSR count). The second kappa shape index (κ2) is 6.22. The van der Waals surface area contributed by atoms with Crippen LogP contribution in [0.5, 0.6) is 0 Å². The summed E-state index contributed by atoms with van der Waals surface area (Å²) in [5.41, 5.74) is 0.564. The summed E-state index contributed by atoms with van der Waals surface area (Å²) in [6, 6.07) is 0. The molecule has 0 saturated heterocycles. The quantitative estimate of drug-likeness (QED) is 0.923. The number of hydrogen-bond acceptors (Lipinski definition) is 4. The van der Waals surface area contributed by atoms with Crippen LogP contribution in [-0.2, 0) is 18.9 Å². The summed E-state index contributed by atoms with van der Waals surface area (Å²) in [5, 5.41) is 3.16. The molecule has 2 aromatic rings. The number of nitrogens with zero attached hydrogens (tertiary/aromatic N) is 3. The lowest BCUT2D eigenvalue weighted by Gasteiger charge is -2.15. The number of rotatable bonds is 3. The molecule has 24 heavy (non-hydrogen) atoms. The first-order valence-electron chi connectivity index (χ1n) is 8.25. The highest BCUT2D eigenvalue weighted by atomic mass is 16.2. The van der Waals surface area contributed by atoms with E-state index in [2.05, 4.69) is 10.3 Å². The predicted molar refractivity (Wildman–Crippen MR) is 92.2 cm³/mol. The van der Waals surface area contributed by atoms with Gasteiger partial charge < -0.3 is 5.32 Å². The highest BCUT2D eigenvalue weighted by molar-refractivity contribution is 6.00. The van der Waals surface area contributed by atoms with Gasteiger partial charge in [0.2, 0.25) is 5.91 Å². The fourth-order valence-electron chi connectivity index (χ4n) is 3.45. The average molecular weight is 330 g/mol. The van der Waals surface area contributed by atoms with Crippen molar-refractivity contribution in [1.29, 1.82) is 0 Å². The van der Waals surface area contributed by atoms with Gasteiger partial charge in [-0.05, 0) is 31.2 Å². The molecule has 1 fully saturated rings. The number of aromatic nitrogens is 3. The molecule has 0 unspecified atom stereocenters. The number of pyridine rings is 1. The van der Waals surface area contributed by atoms with Crippen molar-refractivity contribution in [1.82, 2.24) is 14.1 Å². The molecule has 2 heterocycles. The van der Waals surface area contributed by atoms with Crippen molar-refractivity contribution in [2.24, 2.45) is 20.0 Å². The van der Waals surface area contributed by atoms with Crippen molar-refractivity contribution < 1.29 is 4.79 Å².